The van der Waals surface area contributed by atoms with E-state index in [0.717, 1.165) is 32.1 Å². The molecule has 0 amide bonds. The summed E-state index contributed by atoms with van der Waals surface area (Å²) < 4.78 is 30.0. The van der Waals surface area contributed by atoms with Crippen LogP contribution in [0.5, 0.6) is 0 Å². The van der Waals surface area contributed by atoms with Crippen LogP contribution in [0.1, 0.15) is 95.3 Å². The van der Waals surface area contributed by atoms with Crippen LogP contribution in [0, 0.1) is 0 Å². The molecule has 3 heterocycles. The molecule has 3 aliphatic rings. The Morgan fingerprint density at radius 3 is 2.43 bits per heavy atom. The standard InChI is InChI=1S/C28H42O7/c1-4-5-6-7-8-9-13-16-20(32-26(30)19-14-11-10-12-15-19)21-17-18-22(31-21)24-23(29)25-27(33-24)35-28(2,3)34-25/h10-12,14-15,20-25,27,29H,4-9,13,16-18H2,1-3H3/t20-,21+,22-,23-,24-,25+,27-/m0/s1. The average Bonchev–Trinajstić information content (AvgIpc) is 3.52. The van der Waals surface area contributed by atoms with Crippen molar-refractivity contribution in [2.75, 3.05) is 0 Å². The van der Waals surface area contributed by atoms with Crippen LogP contribution in [0.4, 0.5) is 0 Å². The predicted molar refractivity (Wildman–Crippen MR) is 131 cm³/mol. The van der Waals surface area contributed by atoms with E-state index in [-0.39, 0.29) is 24.3 Å². The Morgan fingerprint density at radius 1 is 1.00 bits per heavy atom. The van der Waals surface area contributed by atoms with E-state index < -0.39 is 30.4 Å². The number of aliphatic hydroxyl groups excluding tert-OH is 1. The third kappa shape index (κ3) is 6.83. The lowest BCUT2D eigenvalue weighted by Gasteiger charge is -2.28. The quantitative estimate of drug-likeness (QED) is 0.321. The van der Waals surface area contributed by atoms with Gasteiger partial charge in [0.25, 0.3) is 0 Å². The summed E-state index contributed by atoms with van der Waals surface area (Å²) in [5.74, 6) is -1.09. The van der Waals surface area contributed by atoms with Crippen molar-refractivity contribution < 1.29 is 33.6 Å². The molecular formula is C28H42O7. The molecule has 0 saturated carbocycles. The van der Waals surface area contributed by atoms with E-state index in [9.17, 15) is 9.90 Å². The Balaban J connectivity index is 1.33. The molecule has 7 nitrogen and oxygen atoms in total. The molecule has 7 atom stereocenters. The van der Waals surface area contributed by atoms with E-state index in [1.54, 1.807) is 12.1 Å². The number of fused-ring (bicyclic) bond motifs is 1. The normalized spacial score (nSPS) is 32.5. The number of benzene rings is 1. The number of aliphatic hydroxyl groups is 1. The minimum atomic E-state index is -0.820. The Bertz CT molecular complexity index is 798. The number of ether oxygens (including phenoxy) is 5. The van der Waals surface area contributed by atoms with Gasteiger partial charge in [-0.15, -0.1) is 0 Å². The van der Waals surface area contributed by atoms with Crippen molar-refractivity contribution in [1.82, 2.24) is 0 Å². The summed E-state index contributed by atoms with van der Waals surface area (Å²) in [6.07, 6.45) is 7.36. The molecule has 3 saturated heterocycles. The molecule has 196 valence electrons. The van der Waals surface area contributed by atoms with Crippen molar-refractivity contribution in [1.29, 1.82) is 0 Å². The fraction of sp³-hybridized carbons (Fsp3) is 0.750. The number of carbonyl (C=O) groups is 1. The highest BCUT2D eigenvalue weighted by atomic mass is 16.8. The van der Waals surface area contributed by atoms with Crippen LogP contribution in [0.15, 0.2) is 30.3 Å². The van der Waals surface area contributed by atoms with Gasteiger partial charge in [-0.2, -0.15) is 0 Å². The minimum absolute atomic E-state index is 0.220. The van der Waals surface area contributed by atoms with E-state index in [0.29, 0.717) is 5.56 Å². The molecule has 0 unspecified atom stereocenters. The van der Waals surface area contributed by atoms with Crippen LogP contribution in [-0.4, -0.2) is 59.8 Å². The predicted octanol–water partition coefficient (Wildman–Crippen LogP) is 5.14. The van der Waals surface area contributed by atoms with E-state index >= 15 is 0 Å². The highest BCUT2D eigenvalue weighted by molar-refractivity contribution is 5.89. The van der Waals surface area contributed by atoms with Crippen LogP contribution >= 0.6 is 0 Å². The zero-order valence-corrected chi connectivity index (χ0v) is 21.4. The molecule has 1 aromatic carbocycles. The Kier molecular flexibility index (Phi) is 9.22. The lowest BCUT2D eigenvalue weighted by Crippen LogP contribution is -2.42. The molecule has 1 N–H and O–H groups in total. The highest BCUT2D eigenvalue weighted by Crippen LogP contribution is 2.41. The molecule has 0 aromatic heterocycles. The topological polar surface area (TPSA) is 83.5 Å². The first kappa shape index (κ1) is 26.6. The van der Waals surface area contributed by atoms with Crippen molar-refractivity contribution in [3.8, 4) is 0 Å². The molecule has 4 rings (SSSR count). The summed E-state index contributed by atoms with van der Waals surface area (Å²) in [4.78, 5) is 12.8. The van der Waals surface area contributed by atoms with E-state index in [1.807, 2.05) is 32.0 Å². The van der Waals surface area contributed by atoms with Gasteiger partial charge < -0.3 is 28.8 Å². The number of hydrogen-bond donors (Lipinski definition) is 1. The summed E-state index contributed by atoms with van der Waals surface area (Å²) in [6, 6.07) is 9.10. The maximum Gasteiger partial charge on any atom is 0.338 e. The van der Waals surface area contributed by atoms with Crippen molar-refractivity contribution in [3.63, 3.8) is 0 Å². The van der Waals surface area contributed by atoms with Crippen molar-refractivity contribution >= 4 is 5.97 Å². The molecule has 0 bridgehead atoms. The lowest BCUT2D eigenvalue weighted by molar-refractivity contribution is -0.229. The SMILES string of the molecule is CCCCCCCCC[C@H](OC(=O)c1ccccc1)[C@H]1CC[C@@H]([C@@H]2O[C@H]3OC(C)(C)O[C@@H]3[C@H]2O)O1. The lowest BCUT2D eigenvalue weighted by atomic mass is 10.00. The average molecular weight is 491 g/mol. The van der Waals surface area contributed by atoms with Crippen LogP contribution in [0.2, 0.25) is 0 Å². The minimum Gasteiger partial charge on any atom is -0.456 e. The van der Waals surface area contributed by atoms with Gasteiger partial charge in [0, 0.05) is 0 Å². The molecule has 7 heteroatoms. The van der Waals surface area contributed by atoms with Gasteiger partial charge in [0.15, 0.2) is 12.1 Å². The summed E-state index contributed by atoms with van der Waals surface area (Å²) in [7, 11) is 0. The molecule has 35 heavy (non-hydrogen) atoms. The monoisotopic (exact) mass is 490 g/mol. The summed E-state index contributed by atoms with van der Waals surface area (Å²) in [5, 5.41) is 10.8. The molecular weight excluding hydrogens is 448 g/mol. The Hall–Kier alpha value is -1.51. The first-order valence-electron chi connectivity index (χ1n) is 13.5. The highest BCUT2D eigenvalue weighted by Gasteiger charge is 2.57. The number of hydrogen-bond acceptors (Lipinski definition) is 7. The summed E-state index contributed by atoms with van der Waals surface area (Å²) in [5.41, 5.74) is 0.547. The van der Waals surface area contributed by atoms with Crippen molar-refractivity contribution in [2.24, 2.45) is 0 Å². The van der Waals surface area contributed by atoms with Gasteiger partial charge in [-0.3, -0.25) is 0 Å². The van der Waals surface area contributed by atoms with Gasteiger partial charge in [0.05, 0.1) is 17.8 Å². The molecule has 0 radical (unpaired) electrons. The fourth-order valence-electron chi connectivity index (χ4n) is 5.43. The summed E-state index contributed by atoms with van der Waals surface area (Å²) in [6.45, 7) is 5.85. The first-order valence-corrected chi connectivity index (χ1v) is 13.5. The number of esters is 1. The van der Waals surface area contributed by atoms with Crippen molar-refractivity contribution in [3.05, 3.63) is 35.9 Å². The smallest absolute Gasteiger partial charge is 0.338 e. The largest absolute Gasteiger partial charge is 0.456 e. The van der Waals surface area contributed by atoms with Crippen molar-refractivity contribution in [2.45, 2.75) is 134 Å². The second kappa shape index (κ2) is 12.2. The van der Waals surface area contributed by atoms with Gasteiger partial charge in [-0.25, -0.2) is 4.79 Å². The third-order valence-corrected chi connectivity index (χ3v) is 7.28. The molecule has 1 aromatic rings. The number of rotatable bonds is 12. The van der Waals surface area contributed by atoms with Crippen LogP contribution in [-0.2, 0) is 23.7 Å². The first-order chi connectivity index (χ1) is 16.9. The van der Waals surface area contributed by atoms with Gasteiger partial charge in [0.2, 0.25) is 0 Å². The zero-order valence-electron chi connectivity index (χ0n) is 21.4. The van der Waals surface area contributed by atoms with Crippen LogP contribution in [0.25, 0.3) is 0 Å². The second-order valence-corrected chi connectivity index (χ2v) is 10.6. The van der Waals surface area contributed by atoms with Gasteiger partial charge in [-0.05, 0) is 51.7 Å². The molecule has 0 aliphatic carbocycles. The Labute approximate surface area is 209 Å². The number of unbranched alkanes of at least 4 members (excludes halogenated alkanes) is 6. The molecule has 0 spiro atoms. The fourth-order valence-corrected chi connectivity index (χ4v) is 5.43. The van der Waals surface area contributed by atoms with E-state index in [2.05, 4.69) is 6.92 Å². The van der Waals surface area contributed by atoms with E-state index in [1.165, 1.54) is 32.1 Å². The van der Waals surface area contributed by atoms with Gasteiger partial charge in [-0.1, -0.05) is 63.6 Å². The molecule has 3 aliphatic heterocycles. The van der Waals surface area contributed by atoms with Crippen LogP contribution in [0.3, 0.4) is 0 Å². The third-order valence-electron chi connectivity index (χ3n) is 7.28. The Morgan fingerprint density at radius 2 is 1.71 bits per heavy atom. The second-order valence-electron chi connectivity index (χ2n) is 10.6. The van der Waals surface area contributed by atoms with Gasteiger partial charge in [0.1, 0.15) is 24.4 Å². The maximum absolute atomic E-state index is 12.8. The summed E-state index contributed by atoms with van der Waals surface area (Å²) >= 11 is 0. The van der Waals surface area contributed by atoms with Gasteiger partial charge >= 0.3 is 5.97 Å². The molecule has 3 fully saturated rings. The maximum atomic E-state index is 12.8. The van der Waals surface area contributed by atoms with E-state index in [4.69, 9.17) is 23.7 Å². The number of carbonyl (C=O) groups excluding carboxylic acids is 1. The zero-order chi connectivity index (χ0) is 24.8. The van der Waals surface area contributed by atoms with Crippen LogP contribution < -0.4 is 0 Å².